The van der Waals surface area contributed by atoms with Crippen LogP contribution in [0.2, 0.25) is 0 Å². The molecule has 1 aromatic rings. The molecule has 0 unspecified atom stereocenters. The lowest BCUT2D eigenvalue weighted by Crippen LogP contribution is -2.45. The van der Waals surface area contributed by atoms with Crippen LogP contribution < -0.4 is 10.8 Å². The number of nitrogens with one attached hydrogen (secondary N) is 1. The Morgan fingerprint density at radius 1 is 1.16 bits per heavy atom. The Kier molecular flexibility index (Phi) is 7.78. The number of amides is 1. The summed E-state index contributed by atoms with van der Waals surface area (Å²) in [6, 6.07) is 4.17. The maximum absolute atomic E-state index is 12.5. The maximum atomic E-state index is 12.5. The predicted octanol–water partition coefficient (Wildman–Crippen LogP) is 2.80. The van der Waals surface area contributed by atoms with E-state index in [-0.39, 0.29) is 13.0 Å². The Balaban J connectivity index is 2.30. The minimum atomic E-state index is -0.960. The van der Waals surface area contributed by atoms with Crippen molar-refractivity contribution in [3.05, 3.63) is 29.3 Å². The summed E-state index contributed by atoms with van der Waals surface area (Å²) in [5.74, 6) is -0.574. The zero-order chi connectivity index (χ0) is 24.3. The average Bonchev–Trinajstić information content (AvgIpc) is 2.87. The number of alkyl carbamates (subject to hydrolysis) is 1. The Hall–Kier alpha value is -2.39. The second-order valence-corrected chi connectivity index (χ2v) is 9.82. The minimum Gasteiger partial charge on any atom is -0.464 e. The number of ether oxygens (including phenoxy) is 2. The first-order valence-corrected chi connectivity index (χ1v) is 10.8. The lowest BCUT2D eigenvalue weighted by atomic mass is 9.75. The minimum absolute atomic E-state index is 0.143. The summed E-state index contributed by atoms with van der Waals surface area (Å²) in [6.07, 6.45) is 0.168. The molecule has 0 aliphatic carbocycles. The van der Waals surface area contributed by atoms with Gasteiger partial charge in [0.25, 0.3) is 0 Å². The largest absolute Gasteiger partial charge is 0.495 e. The third-order valence-corrected chi connectivity index (χ3v) is 5.49. The van der Waals surface area contributed by atoms with Gasteiger partial charge in [-0.2, -0.15) is 0 Å². The molecule has 0 bridgehead atoms. The number of rotatable bonds is 7. The van der Waals surface area contributed by atoms with Crippen LogP contribution in [0, 0.1) is 0 Å². The Labute approximate surface area is 190 Å². The highest BCUT2D eigenvalue weighted by Gasteiger charge is 2.52. The first-order chi connectivity index (χ1) is 14.7. The zero-order valence-corrected chi connectivity index (χ0v) is 20.2. The van der Waals surface area contributed by atoms with E-state index in [2.05, 4.69) is 5.32 Å². The summed E-state index contributed by atoms with van der Waals surface area (Å²) in [7, 11) is -0.736. The summed E-state index contributed by atoms with van der Waals surface area (Å²) in [5, 5.41) is 2.58. The third kappa shape index (κ3) is 6.32. The van der Waals surface area contributed by atoms with Crippen LogP contribution in [0.4, 0.5) is 4.79 Å². The van der Waals surface area contributed by atoms with Gasteiger partial charge in [-0.25, -0.2) is 9.59 Å². The monoisotopic (exact) mass is 447 g/mol. The average molecular weight is 447 g/mol. The van der Waals surface area contributed by atoms with E-state index in [0.29, 0.717) is 16.6 Å². The number of esters is 1. The summed E-state index contributed by atoms with van der Waals surface area (Å²) < 4.78 is 22.6. The third-order valence-electron chi connectivity index (χ3n) is 5.49. The molecule has 0 spiro atoms. The smallest absolute Gasteiger partial charge is 0.464 e. The number of hydrogen-bond donors (Lipinski definition) is 1. The fourth-order valence-corrected chi connectivity index (χ4v) is 3.15. The number of hydrogen-bond acceptors (Lipinski definition) is 7. The second kappa shape index (κ2) is 9.62. The van der Waals surface area contributed by atoms with Gasteiger partial charge in [0.05, 0.1) is 17.8 Å². The van der Waals surface area contributed by atoms with Gasteiger partial charge >= 0.3 is 19.2 Å². The molecule has 1 amide bonds. The molecule has 1 atom stereocenters. The second-order valence-electron chi connectivity index (χ2n) is 9.82. The van der Waals surface area contributed by atoms with Gasteiger partial charge in [0.1, 0.15) is 17.9 Å². The molecule has 0 saturated carbocycles. The van der Waals surface area contributed by atoms with Crippen LogP contribution in [0.15, 0.2) is 18.2 Å². The predicted molar refractivity (Wildman–Crippen MR) is 121 cm³/mol. The van der Waals surface area contributed by atoms with E-state index in [4.69, 9.17) is 18.8 Å². The first-order valence-electron chi connectivity index (χ1n) is 10.8. The molecule has 2 rings (SSSR count). The fourth-order valence-electron chi connectivity index (χ4n) is 3.15. The molecule has 1 fully saturated rings. The topological polar surface area (TPSA) is 100 Å². The van der Waals surface area contributed by atoms with Crippen LogP contribution in [0.3, 0.4) is 0 Å². The lowest BCUT2D eigenvalue weighted by molar-refractivity contribution is -0.145. The summed E-state index contributed by atoms with van der Waals surface area (Å²) in [6.45, 7) is 14.8. The molecule has 1 aliphatic heterocycles. The van der Waals surface area contributed by atoms with Crippen LogP contribution in [0.5, 0.6) is 0 Å². The van der Waals surface area contributed by atoms with Gasteiger partial charge in [0.2, 0.25) is 0 Å². The van der Waals surface area contributed by atoms with Crippen LogP contribution in [0.1, 0.15) is 71.3 Å². The highest BCUT2D eigenvalue weighted by Crippen LogP contribution is 2.36. The van der Waals surface area contributed by atoms with E-state index >= 15 is 0 Å². The fraction of sp³-hybridized carbons (Fsp3) is 0.609. The van der Waals surface area contributed by atoms with E-state index in [1.807, 2.05) is 27.7 Å². The van der Waals surface area contributed by atoms with Crippen LogP contribution >= 0.6 is 0 Å². The first kappa shape index (κ1) is 25.9. The lowest BCUT2D eigenvalue weighted by Gasteiger charge is -2.32. The zero-order valence-electron chi connectivity index (χ0n) is 20.2. The summed E-state index contributed by atoms with van der Waals surface area (Å²) in [4.78, 5) is 36.4. The molecule has 9 heteroatoms. The molecule has 1 heterocycles. The van der Waals surface area contributed by atoms with Crippen molar-refractivity contribution in [3.8, 4) is 0 Å². The van der Waals surface area contributed by atoms with Crippen molar-refractivity contribution in [1.82, 2.24) is 5.32 Å². The van der Waals surface area contributed by atoms with Crippen molar-refractivity contribution < 1.29 is 33.2 Å². The van der Waals surface area contributed by atoms with Crippen molar-refractivity contribution in [2.75, 3.05) is 6.61 Å². The standard InChI is InChI=1S/C23H34BNO7/c1-9-29-19(27)18(25-20(28)30-21(2,3)4)13-15-10-11-16(14-26)17(12-15)24-31-22(5,6)23(7,8)32-24/h10-12,14,18H,9,13H2,1-8H3,(H,25,28)/t18-/m0/s1. The highest BCUT2D eigenvalue weighted by molar-refractivity contribution is 6.63. The molecular formula is C23H34BNO7. The SMILES string of the molecule is CCOC(=O)[C@H](Cc1ccc(C=O)c(B2OC(C)(C)C(C)(C)O2)c1)NC(=O)OC(C)(C)C. The highest BCUT2D eigenvalue weighted by atomic mass is 16.7. The molecular weight excluding hydrogens is 413 g/mol. The van der Waals surface area contributed by atoms with E-state index in [0.717, 1.165) is 6.29 Å². The van der Waals surface area contributed by atoms with Crippen molar-refractivity contribution in [3.63, 3.8) is 0 Å². The van der Waals surface area contributed by atoms with Gasteiger partial charge < -0.3 is 24.1 Å². The van der Waals surface area contributed by atoms with Crippen LogP contribution in [-0.4, -0.2) is 54.9 Å². The van der Waals surface area contributed by atoms with Gasteiger partial charge in [-0.05, 0) is 66.4 Å². The molecule has 32 heavy (non-hydrogen) atoms. The van der Waals surface area contributed by atoms with E-state index in [1.165, 1.54) is 0 Å². The summed E-state index contributed by atoms with van der Waals surface area (Å²) >= 11 is 0. The number of benzene rings is 1. The maximum Gasteiger partial charge on any atom is 0.495 e. The summed E-state index contributed by atoms with van der Waals surface area (Å²) in [5.41, 5.74) is -0.150. The van der Waals surface area contributed by atoms with Gasteiger partial charge in [-0.15, -0.1) is 0 Å². The van der Waals surface area contributed by atoms with Gasteiger partial charge in [0, 0.05) is 12.0 Å². The van der Waals surface area contributed by atoms with E-state index in [9.17, 15) is 14.4 Å². The Bertz CT molecular complexity index is 844. The van der Waals surface area contributed by atoms with Crippen LogP contribution in [-0.2, 0) is 30.0 Å². The quantitative estimate of drug-likeness (QED) is 0.390. The number of carbonyl (C=O) groups excluding carboxylic acids is 3. The number of aldehydes is 1. The van der Waals surface area contributed by atoms with Crippen molar-refractivity contribution in [2.24, 2.45) is 0 Å². The molecule has 1 aliphatic rings. The Morgan fingerprint density at radius 2 is 1.75 bits per heavy atom. The van der Waals surface area contributed by atoms with E-state index in [1.54, 1.807) is 45.9 Å². The molecule has 1 N–H and O–H groups in total. The van der Waals surface area contributed by atoms with Crippen LogP contribution in [0.25, 0.3) is 0 Å². The van der Waals surface area contributed by atoms with Crippen molar-refractivity contribution >= 4 is 30.9 Å². The number of carbonyl (C=O) groups is 3. The van der Waals surface area contributed by atoms with Gasteiger partial charge in [-0.1, -0.05) is 18.2 Å². The molecule has 1 aromatic carbocycles. The molecule has 0 aromatic heterocycles. The van der Waals surface area contributed by atoms with Gasteiger partial charge in [-0.3, -0.25) is 4.79 Å². The molecule has 1 saturated heterocycles. The molecule has 0 radical (unpaired) electrons. The van der Waals surface area contributed by atoms with E-state index < -0.39 is 42.0 Å². The van der Waals surface area contributed by atoms with Gasteiger partial charge in [0.15, 0.2) is 0 Å². The Morgan fingerprint density at radius 3 is 2.25 bits per heavy atom. The molecule has 176 valence electrons. The molecule has 8 nitrogen and oxygen atoms in total. The normalized spacial score (nSPS) is 18.1. The van der Waals surface area contributed by atoms with Crippen molar-refractivity contribution in [2.45, 2.75) is 84.7 Å². The van der Waals surface area contributed by atoms with Crippen molar-refractivity contribution in [1.29, 1.82) is 0 Å².